The Hall–Kier alpha value is -0.410. The van der Waals surface area contributed by atoms with Gasteiger partial charge in [0.05, 0.1) is 6.54 Å². The molecule has 0 aliphatic carbocycles. The third kappa shape index (κ3) is 3.19. The van der Waals surface area contributed by atoms with Crippen LogP contribution in [0.5, 0.6) is 0 Å². The lowest BCUT2D eigenvalue weighted by atomic mass is 10.4. The maximum absolute atomic E-state index is 12.6. The van der Waals surface area contributed by atoms with Crippen molar-refractivity contribution < 1.29 is 12.8 Å². The van der Waals surface area contributed by atoms with E-state index in [1.807, 2.05) is 7.05 Å². The van der Waals surface area contributed by atoms with Gasteiger partial charge in [-0.2, -0.15) is 4.31 Å². The van der Waals surface area contributed by atoms with E-state index in [0.29, 0.717) is 18.8 Å². The summed E-state index contributed by atoms with van der Waals surface area (Å²) in [5.74, 6) is 0.456. The summed E-state index contributed by atoms with van der Waals surface area (Å²) in [4.78, 5) is 2.29. The monoisotopic (exact) mass is 351 g/mol. The largest absolute Gasteiger partial charge is 0.452 e. The fourth-order valence-corrected chi connectivity index (χ4v) is 4.51. The number of nitrogens with two attached hydrogens (primary N) is 1. The van der Waals surface area contributed by atoms with Crippen LogP contribution in [-0.2, 0) is 16.6 Å². The molecule has 1 aliphatic rings. The second-order valence-electron chi connectivity index (χ2n) is 4.62. The average Bonchev–Trinajstić information content (AvgIpc) is 2.60. The van der Waals surface area contributed by atoms with Crippen LogP contribution in [0.3, 0.4) is 0 Å². The molecule has 8 heteroatoms. The molecular weight excluding hydrogens is 334 g/mol. The molecule has 0 bridgehead atoms. The smallest absolute Gasteiger partial charge is 0.247 e. The normalized spacial score (nSPS) is 19.5. The molecule has 0 aromatic carbocycles. The molecule has 2 heterocycles. The van der Waals surface area contributed by atoms with E-state index in [4.69, 9.17) is 10.2 Å². The van der Waals surface area contributed by atoms with Crippen molar-refractivity contribution in [3.63, 3.8) is 0 Å². The van der Waals surface area contributed by atoms with E-state index in [9.17, 15) is 8.42 Å². The summed E-state index contributed by atoms with van der Waals surface area (Å²) in [6.45, 7) is 2.85. The topological polar surface area (TPSA) is 79.8 Å². The van der Waals surface area contributed by atoms with Crippen LogP contribution in [-0.4, -0.2) is 50.8 Å². The number of rotatable bonds is 3. The van der Waals surface area contributed by atoms with Crippen LogP contribution >= 0.6 is 15.9 Å². The molecule has 108 valence electrons. The molecule has 1 aliphatic heterocycles. The zero-order chi connectivity index (χ0) is 14.0. The van der Waals surface area contributed by atoms with Gasteiger partial charge in [0.25, 0.3) is 0 Å². The summed E-state index contributed by atoms with van der Waals surface area (Å²) < 4.78 is 32.1. The van der Waals surface area contributed by atoms with Gasteiger partial charge in [-0.25, -0.2) is 8.42 Å². The van der Waals surface area contributed by atoms with Gasteiger partial charge < -0.3 is 15.1 Å². The van der Waals surface area contributed by atoms with Crippen molar-refractivity contribution in [2.45, 2.75) is 17.9 Å². The van der Waals surface area contributed by atoms with E-state index < -0.39 is 10.0 Å². The third-order valence-electron chi connectivity index (χ3n) is 3.20. The van der Waals surface area contributed by atoms with Crippen LogP contribution in [0.2, 0.25) is 0 Å². The van der Waals surface area contributed by atoms with Crippen LogP contribution in [0, 0.1) is 0 Å². The van der Waals surface area contributed by atoms with Gasteiger partial charge >= 0.3 is 0 Å². The Kier molecular flexibility index (Phi) is 4.67. The minimum atomic E-state index is -3.52. The maximum Gasteiger partial charge on any atom is 0.247 e. The highest BCUT2D eigenvalue weighted by Gasteiger charge is 2.30. The number of sulfonamides is 1. The first kappa shape index (κ1) is 15.0. The van der Waals surface area contributed by atoms with Crippen molar-refractivity contribution >= 4 is 26.0 Å². The maximum atomic E-state index is 12.6. The molecular formula is C11H18BrN3O3S. The molecule has 0 radical (unpaired) electrons. The lowest BCUT2D eigenvalue weighted by molar-refractivity contribution is 0.347. The summed E-state index contributed by atoms with van der Waals surface area (Å²) >= 11 is 3.15. The fraction of sp³-hybridized carbons (Fsp3) is 0.636. The van der Waals surface area contributed by atoms with Crippen molar-refractivity contribution in [3.8, 4) is 0 Å². The third-order valence-corrected chi connectivity index (χ3v) is 5.96. The molecule has 0 unspecified atom stereocenters. The zero-order valence-electron chi connectivity index (χ0n) is 10.8. The van der Waals surface area contributed by atoms with E-state index in [2.05, 4.69) is 20.8 Å². The van der Waals surface area contributed by atoms with Crippen LogP contribution in [0.15, 0.2) is 20.0 Å². The molecule has 1 fully saturated rings. The van der Waals surface area contributed by atoms with Crippen LogP contribution in [0.1, 0.15) is 12.2 Å². The van der Waals surface area contributed by atoms with E-state index in [1.54, 1.807) is 0 Å². The molecule has 1 aromatic heterocycles. The lowest BCUT2D eigenvalue weighted by Gasteiger charge is -2.19. The van der Waals surface area contributed by atoms with Crippen LogP contribution in [0.25, 0.3) is 0 Å². The number of hydrogen-bond acceptors (Lipinski definition) is 5. The van der Waals surface area contributed by atoms with Gasteiger partial charge in [-0.15, -0.1) is 0 Å². The highest BCUT2D eigenvalue weighted by molar-refractivity contribution is 9.10. The molecule has 2 rings (SSSR count). The summed E-state index contributed by atoms with van der Waals surface area (Å²) in [7, 11) is -1.52. The minimum Gasteiger partial charge on any atom is -0.452 e. The number of nitrogens with zero attached hydrogens (tertiary/aromatic N) is 2. The second-order valence-corrected chi connectivity index (χ2v) is 7.24. The Balaban J connectivity index is 2.28. The summed E-state index contributed by atoms with van der Waals surface area (Å²) in [6.07, 6.45) is 0.828. The zero-order valence-corrected chi connectivity index (χ0v) is 13.2. The van der Waals surface area contributed by atoms with Crippen molar-refractivity contribution in [1.29, 1.82) is 0 Å². The molecule has 2 N–H and O–H groups in total. The fourth-order valence-electron chi connectivity index (χ4n) is 2.08. The van der Waals surface area contributed by atoms with Gasteiger partial charge in [-0.05, 0) is 35.9 Å². The van der Waals surface area contributed by atoms with Crippen molar-refractivity contribution in [2.24, 2.45) is 5.73 Å². The first-order valence-corrected chi connectivity index (χ1v) is 8.35. The van der Waals surface area contributed by atoms with Gasteiger partial charge in [-0.1, -0.05) is 0 Å². The molecule has 1 saturated heterocycles. The number of likely N-dealkylation sites (N-methyl/N-ethyl adjacent to an activating group) is 1. The molecule has 19 heavy (non-hydrogen) atoms. The highest BCUT2D eigenvalue weighted by atomic mass is 79.9. The van der Waals surface area contributed by atoms with Gasteiger partial charge in [0.15, 0.2) is 4.67 Å². The predicted octanol–water partition coefficient (Wildman–Crippen LogP) is 0.827. The van der Waals surface area contributed by atoms with Crippen LogP contribution < -0.4 is 5.73 Å². The number of hydrogen-bond donors (Lipinski definition) is 1. The Morgan fingerprint density at radius 3 is 2.74 bits per heavy atom. The van der Waals surface area contributed by atoms with Gasteiger partial charge in [0.2, 0.25) is 10.0 Å². The van der Waals surface area contributed by atoms with Gasteiger partial charge in [0, 0.05) is 25.7 Å². The van der Waals surface area contributed by atoms with Crippen molar-refractivity contribution in [1.82, 2.24) is 9.21 Å². The Labute approximate surface area is 121 Å². The standard InChI is InChI=1S/C11H18BrN3O3S/c1-14-3-2-4-15(6-5-14)19(16,17)10-7-9(8-13)18-11(10)12/h7H,2-6,8,13H2,1H3. The lowest BCUT2D eigenvalue weighted by Crippen LogP contribution is -2.34. The van der Waals surface area contributed by atoms with Crippen molar-refractivity contribution in [2.75, 3.05) is 33.2 Å². The van der Waals surface area contributed by atoms with E-state index in [-0.39, 0.29) is 16.1 Å². The number of halogens is 1. The van der Waals surface area contributed by atoms with Crippen LogP contribution in [0.4, 0.5) is 0 Å². The minimum absolute atomic E-state index is 0.164. The molecule has 0 saturated carbocycles. The Bertz CT molecular complexity index is 543. The Morgan fingerprint density at radius 2 is 2.11 bits per heavy atom. The average molecular weight is 352 g/mol. The van der Waals surface area contributed by atoms with E-state index in [1.165, 1.54) is 10.4 Å². The van der Waals surface area contributed by atoms with Gasteiger partial charge in [-0.3, -0.25) is 0 Å². The van der Waals surface area contributed by atoms with E-state index >= 15 is 0 Å². The summed E-state index contributed by atoms with van der Waals surface area (Å²) in [5, 5.41) is 0. The predicted molar refractivity (Wildman–Crippen MR) is 75.2 cm³/mol. The number of furan rings is 1. The summed E-state index contributed by atoms with van der Waals surface area (Å²) in [6, 6.07) is 1.49. The molecule has 1 aromatic rings. The SMILES string of the molecule is CN1CCCN(S(=O)(=O)c2cc(CN)oc2Br)CC1. The molecule has 6 nitrogen and oxygen atoms in total. The summed E-state index contributed by atoms with van der Waals surface area (Å²) in [5.41, 5.74) is 5.47. The first-order valence-electron chi connectivity index (χ1n) is 6.12. The van der Waals surface area contributed by atoms with E-state index in [0.717, 1.165) is 19.5 Å². The molecule has 0 amide bonds. The van der Waals surface area contributed by atoms with Crippen molar-refractivity contribution in [3.05, 3.63) is 16.5 Å². The second kappa shape index (κ2) is 5.92. The molecule has 0 atom stereocenters. The Morgan fingerprint density at radius 1 is 1.37 bits per heavy atom. The first-order chi connectivity index (χ1) is 8.95. The quantitative estimate of drug-likeness (QED) is 0.872. The highest BCUT2D eigenvalue weighted by Crippen LogP contribution is 2.29. The molecule has 0 spiro atoms. The van der Waals surface area contributed by atoms with Gasteiger partial charge in [0.1, 0.15) is 10.7 Å².